The van der Waals surface area contributed by atoms with Gasteiger partial charge in [0, 0.05) is 34.3 Å². The predicted octanol–water partition coefficient (Wildman–Crippen LogP) is 5.17. The zero-order valence-electron chi connectivity index (χ0n) is 20.8. The van der Waals surface area contributed by atoms with E-state index in [1.54, 1.807) is 41.1 Å². The highest BCUT2D eigenvalue weighted by atomic mass is 35.5. The van der Waals surface area contributed by atoms with E-state index in [0.29, 0.717) is 28.5 Å². The number of carbonyl (C=O) groups excluding carboxylic acids is 2. The van der Waals surface area contributed by atoms with Crippen LogP contribution >= 0.6 is 11.6 Å². The van der Waals surface area contributed by atoms with Crippen LogP contribution in [0.3, 0.4) is 0 Å². The quantitative estimate of drug-likeness (QED) is 0.428. The molecule has 5 rings (SSSR count). The van der Waals surface area contributed by atoms with E-state index in [1.807, 2.05) is 37.3 Å². The van der Waals surface area contributed by atoms with Crippen LogP contribution in [0, 0.1) is 5.92 Å². The van der Waals surface area contributed by atoms with Crippen molar-refractivity contribution in [3.05, 3.63) is 59.1 Å². The Morgan fingerprint density at radius 2 is 1.97 bits per heavy atom. The number of nitrogens with zero attached hydrogens (tertiary/aromatic N) is 2. The molecule has 2 saturated heterocycles. The fourth-order valence-corrected chi connectivity index (χ4v) is 9.29. The molecule has 5 atom stereocenters. The summed E-state index contributed by atoms with van der Waals surface area (Å²) in [6.07, 6.45) is 0.788. The van der Waals surface area contributed by atoms with Crippen molar-refractivity contribution in [2.75, 3.05) is 18.1 Å². The van der Waals surface area contributed by atoms with Gasteiger partial charge < -0.3 is 18.9 Å². The average Bonchev–Trinajstić information content (AvgIpc) is 3.49. The van der Waals surface area contributed by atoms with Crippen LogP contribution in [0.2, 0.25) is 23.7 Å². The number of carbonyl (C=O) groups is 2. The molecule has 0 aliphatic carbocycles. The number of hydrogen-bond donors (Lipinski definition) is 1. The minimum absolute atomic E-state index is 0.0257. The van der Waals surface area contributed by atoms with Gasteiger partial charge in [-0.05, 0) is 56.3 Å². The Balaban J connectivity index is 1.58. The molecule has 36 heavy (non-hydrogen) atoms. The Morgan fingerprint density at radius 3 is 2.64 bits per heavy atom. The van der Waals surface area contributed by atoms with Gasteiger partial charge in [0.25, 0.3) is 5.91 Å². The molecule has 3 heterocycles. The molecule has 6 nitrogen and oxygen atoms in total. The Labute approximate surface area is 217 Å². The van der Waals surface area contributed by atoms with E-state index in [0.717, 1.165) is 12.8 Å². The van der Waals surface area contributed by atoms with Gasteiger partial charge in [0.1, 0.15) is 0 Å². The van der Waals surface area contributed by atoms with Gasteiger partial charge in [0.05, 0.1) is 30.9 Å². The molecule has 9 heteroatoms. The molecule has 0 aromatic heterocycles. The largest absolute Gasteiger partial charge is 0.394 e. The third-order valence-electron chi connectivity index (χ3n) is 8.13. The van der Waals surface area contributed by atoms with Gasteiger partial charge in [-0.2, -0.15) is 0 Å². The summed E-state index contributed by atoms with van der Waals surface area (Å²) in [6.45, 7) is 5.58. The van der Waals surface area contributed by atoms with Crippen LogP contribution in [0.25, 0.3) is 0 Å². The lowest BCUT2D eigenvalue weighted by molar-refractivity contribution is -0.149. The molecular weight excluding hydrogens is 499 g/mol. The van der Waals surface area contributed by atoms with E-state index < -0.39 is 31.6 Å². The monoisotopic (exact) mass is 530 g/mol. The number of aliphatic hydroxyl groups is 1. The second-order valence-electron chi connectivity index (χ2n) is 10.7. The average molecular weight is 531 g/mol. The molecule has 1 spiro atoms. The Hall–Kier alpha value is -2.26. The van der Waals surface area contributed by atoms with Crippen molar-refractivity contribution in [2.45, 2.75) is 62.6 Å². The summed E-state index contributed by atoms with van der Waals surface area (Å²) < 4.78 is 22.6. The van der Waals surface area contributed by atoms with E-state index >= 15 is 4.11 Å². The van der Waals surface area contributed by atoms with E-state index in [2.05, 4.69) is 0 Å². The minimum atomic E-state index is -3.39. The number of amides is 2. The number of ether oxygens (including phenoxy) is 1. The lowest BCUT2D eigenvalue weighted by Gasteiger charge is -2.31. The van der Waals surface area contributed by atoms with Gasteiger partial charge >= 0.3 is 0 Å². The van der Waals surface area contributed by atoms with Crippen molar-refractivity contribution >= 4 is 43.2 Å². The summed E-state index contributed by atoms with van der Waals surface area (Å²) >= 11 is 6.40. The number of hydrogen-bond acceptors (Lipinski definition) is 4. The Kier molecular flexibility index (Phi) is 6.52. The third kappa shape index (κ3) is 3.90. The molecule has 192 valence electrons. The van der Waals surface area contributed by atoms with Gasteiger partial charge in [-0.3, -0.25) is 14.5 Å². The molecule has 3 aliphatic heterocycles. The number of halogens is 2. The van der Waals surface area contributed by atoms with Crippen molar-refractivity contribution in [3.8, 4) is 0 Å². The summed E-state index contributed by atoms with van der Waals surface area (Å²) in [5.74, 6) is -0.959. The molecule has 0 radical (unpaired) electrons. The normalized spacial score (nSPS) is 29.9. The number of anilines is 2. The summed E-state index contributed by atoms with van der Waals surface area (Å²) in [5, 5.41) is 10.2. The number of fused-ring (bicyclic) bond motifs is 2. The third-order valence-corrected chi connectivity index (χ3v) is 10.8. The van der Waals surface area contributed by atoms with E-state index in [9.17, 15) is 14.7 Å². The van der Waals surface area contributed by atoms with E-state index in [4.69, 9.17) is 16.3 Å². The van der Waals surface area contributed by atoms with Gasteiger partial charge in [0.2, 0.25) is 14.3 Å². The smallest absolute Gasteiger partial charge is 0.268 e. The van der Waals surface area contributed by atoms with Crippen LogP contribution in [0.1, 0.15) is 31.7 Å². The van der Waals surface area contributed by atoms with E-state index in [1.165, 1.54) is 0 Å². The lowest BCUT2D eigenvalue weighted by Crippen LogP contribution is -2.44. The standard InChI is InChI=1S/C27H32ClFN2O4Si/c1-17-25(36(2,3)29)23(15-24(33)30-13-7-10-20(30)16-32)35-27(17)21-14-18(28)11-12-22(21)31(26(27)34)19-8-5-4-6-9-19/h4-6,8-9,11-12,14,17,20,23,25,32H,7,10,13,15-16H2,1-3H3/t17-,20-,23+,25-,27+/m0/s1. The number of para-hydroxylation sites is 1. The van der Waals surface area contributed by atoms with Crippen molar-refractivity contribution in [1.82, 2.24) is 4.90 Å². The first-order valence-corrected chi connectivity index (χ1v) is 15.9. The number of benzene rings is 2. The van der Waals surface area contributed by atoms with Crippen molar-refractivity contribution < 1.29 is 23.5 Å². The van der Waals surface area contributed by atoms with Crippen molar-refractivity contribution in [3.63, 3.8) is 0 Å². The fraction of sp³-hybridized carbons (Fsp3) is 0.481. The van der Waals surface area contributed by atoms with Crippen LogP contribution in [0.4, 0.5) is 15.5 Å². The molecule has 2 aromatic rings. The maximum Gasteiger partial charge on any atom is 0.268 e. The summed E-state index contributed by atoms with van der Waals surface area (Å²) in [7, 11) is -3.39. The van der Waals surface area contributed by atoms with Gasteiger partial charge in [-0.15, -0.1) is 0 Å². The lowest BCUT2D eigenvalue weighted by atomic mass is 9.82. The molecule has 2 fully saturated rings. The fourth-order valence-electron chi connectivity index (χ4n) is 6.62. The predicted molar refractivity (Wildman–Crippen MR) is 140 cm³/mol. The van der Waals surface area contributed by atoms with Crippen LogP contribution in [0.5, 0.6) is 0 Å². The van der Waals surface area contributed by atoms with Crippen molar-refractivity contribution in [1.29, 1.82) is 0 Å². The SMILES string of the molecule is C[C@H]1[C@H]([Si](C)(C)F)[C@@H](CC(=O)N2CCC[C@H]2CO)O[C@]12C(=O)N(c1ccccc1)c1ccc(Cl)cc12. The Morgan fingerprint density at radius 1 is 1.25 bits per heavy atom. The molecule has 3 aliphatic rings. The summed E-state index contributed by atoms with van der Waals surface area (Å²) in [4.78, 5) is 30.9. The number of likely N-dealkylation sites (tertiary alicyclic amines) is 1. The first-order valence-electron chi connectivity index (χ1n) is 12.6. The Bertz CT molecular complexity index is 1180. The molecule has 0 unspecified atom stereocenters. The van der Waals surface area contributed by atoms with Gasteiger partial charge in [-0.1, -0.05) is 36.7 Å². The van der Waals surface area contributed by atoms with E-state index in [-0.39, 0.29) is 30.9 Å². The minimum Gasteiger partial charge on any atom is -0.394 e. The van der Waals surface area contributed by atoms with Gasteiger partial charge in [-0.25, -0.2) is 0 Å². The van der Waals surface area contributed by atoms with Crippen LogP contribution in [0.15, 0.2) is 48.5 Å². The topological polar surface area (TPSA) is 70.1 Å². The van der Waals surface area contributed by atoms with Crippen LogP contribution in [-0.2, 0) is 19.9 Å². The van der Waals surface area contributed by atoms with Gasteiger partial charge in [0.15, 0.2) is 5.60 Å². The summed E-state index contributed by atoms with van der Waals surface area (Å²) in [5.41, 5.74) is -0.0587. The number of rotatable bonds is 5. The summed E-state index contributed by atoms with van der Waals surface area (Å²) in [6, 6.07) is 14.4. The molecule has 2 aromatic carbocycles. The molecular formula is C27H32ClFN2O4Si. The highest BCUT2D eigenvalue weighted by molar-refractivity contribution is 6.72. The van der Waals surface area contributed by atoms with Crippen LogP contribution < -0.4 is 4.90 Å². The first kappa shape index (κ1) is 25.4. The zero-order valence-corrected chi connectivity index (χ0v) is 22.5. The first-order chi connectivity index (χ1) is 17.1. The highest BCUT2D eigenvalue weighted by Crippen LogP contribution is 2.61. The molecule has 0 bridgehead atoms. The second kappa shape index (κ2) is 9.24. The second-order valence-corrected chi connectivity index (χ2v) is 14.9. The maximum atomic E-state index is 15.9. The van der Waals surface area contributed by atoms with Crippen molar-refractivity contribution in [2.24, 2.45) is 5.92 Å². The molecule has 2 amide bonds. The highest BCUT2D eigenvalue weighted by Gasteiger charge is 2.67. The molecule has 0 saturated carbocycles. The molecule has 1 N–H and O–H groups in total. The number of aliphatic hydroxyl groups excluding tert-OH is 1. The van der Waals surface area contributed by atoms with Crippen LogP contribution in [-0.4, -0.2) is 55.5 Å². The maximum absolute atomic E-state index is 15.9. The zero-order chi connectivity index (χ0) is 25.8.